The van der Waals surface area contributed by atoms with Crippen LogP contribution < -0.4 is 24.8 Å². The van der Waals surface area contributed by atoms with E-state index in [-0.39, 0.29) is 24.8 Å². The van der Waals surface area contributed by atoms with E-state index in [2.05, 4.69) is 38.2 Å². The van der Waals surface area contributed by atoms with Gasteiger partial charge in [-0.25, -0.2) is 0 Å². The average molecular weight is 348 g/mol. The Bertz CT molecular complexity index is 376. The van der Waals surface area contributed by atoms with Gasteiger partial charge in [0.05, 0.1) is 0 Å². The van der Waals surface area contributed by atoms with E-state index < -0.39 is 23.2 Å². The molecule has 17 heavy (non-hydrogen) atoms. The Morgan fingerprint density at radius 1 is 1.12 bits per heavy atom. The molecule has 0 fully saturated rings. The maximum atomic E-state index is 2.47. The van der Waals surface area contributed by atoms with Crippen molar-refractivity contribution in [2.24, 2.45) is 0 Å². The first-order chi connectivity index (χ1) is 7.35. The van der Waals surface area contributed by atoms with E-state index in [1.165, 1.54) is 25.7 Å². The summed E-state index contributed by atoms with van der Waals surface area (Å²) < 4.78 is 3.60. The molecule has 0 aromatic heterocycles. The van der Waals surface area contributed by atoms with E-state index in [0.717, 1.165) is 0 Å². The van der Waals surface area contributed by atoms with E-state index in [1.807, 2.05) is 3.28 Å². The van der Waals surface area contributed by atoms with Crippen LogP contribution in [0.25, 0.3) is 0 Å². The van der Waals surface area contributed by atoms with Crippen LogP contribution in [0, 0.1) is 0 Å². The molecule has 0 aliphatic heterocycles. The van der Waals surface area contributed by atoms with Crippen molar-refractivity contribution in [3.63, 3.8) is 0 Å². The Kier molecular flexibility index (Phi) is 8.72. The Balaban J connectivity index is 0.00000128. The van der Waals surface area contributed by atoms with Crippen LogP contribution in [-0.4, -0.2) is 0 Å². The number of hydrogen-bond acceptors (Lipinski definition) is 0. The molecule has 2 aliphatic carbocycles. The normalized spacial score (nSPS) is 17.1. The fourth-order valence-corrected chi connectivity index (χ4v) is 5.96. The van der Waals surface area contributed by atoms with E-state index in [4.69, 9.17) is 0 Å². The van der Waals surface area contributed by atoms with Crippen molar-refractivity contribution in [2.75, 3.05) is 0 Å². The van der Waals surface area contributed by atoms with Crippen LogP contribution in [-0.2, 0) is 23.2 Å². The quantitative estimate of drug-likeness (QED) is 0.570. The zero-order chi connectivity index (χ0) is 10.7. The first kappa shape index (κ1) is 17.4. The molecule has 0 saturated heterocycles. The van der Waals surface area contributed by atoms with Crippen LogP contribution in [0.5, 0.6) is 0 Å². The third kappa shape index (κ3) is 4.23. The predicted octanol–water partition coefficient (Wildman–Crippen LogP) is -1.68. The topological polar surface area (TPSA) is 0 Å². The molecule has 0 saturated carbocycles. The minimum Gasteiger partial charge on any atom is -1.00 e. The molecule has 0 aromatic carbocycles. The number of allylic oxidation sites excluding steroid dienone is 8. The molecule has 0 spiro atoms. The second-order valence-corrected chi connectivity index (χ2v) is 7.72. The Morgan fingerprint density at radius 3 is 2.41 bits per heavy atom. The fraction of sp³-hybridized carbons (Fsp3) is 0.429. The van der Waals surface area contributed by atoms with Crippen molar-refractivity contribution >= 4 is 0 Å². The monoisotopic (exact) mass is 346 g/mol. The van der Waals surface area contributed by atoms with Crippen LogP contribution in [0.1, 0.15) is 39.5 Å². The van der Waals surface area contributed by atoms with Gasteiger partial charge < -0.3 is 24.8 Å². The van der Waals surface area contributed by atoms with E-state index in [9.17, 15) is 0 Å². The summed E-state index contributed by atoms with van der Waals surface area (Å²) in [5, 5.41) is 0. The Hall–Kier alpha value is 0.423. The van der Waals surface area contributed by atoms with Gasteiger partial charge in [-0.2, -0.15) is 0 Å². The van der Waals surface area contributed by atoms with Crippen molar-refractivity contribution in [3.05, 3.63) is 42.0 Å². The third-order valence-electron chi connectivity index (χ3n) is 3.12. The van der Waals surface area contributed by atoms with Crippen molar-refractivity contribution in [1.82, 2.24) is 0 Å². The van der Waals surface area contributed by atoms with Crippen molar-refractivity contribution in [3.8, 4) is 0 Å². The average Bonchev–Trinajstić information content (AvgIpc) is 2.87. The van der Waals surface area contributed by atoms with Crippen molar-refractivity contribution < 1.29 is 48.0 Å². The van der Waals surface area contributed by atoms with E-state index in [1.54, 1.807) is 14.4 Å². The summed E-state index contributed by atoms with van der Waals surface area (Å²) in [6.07, 6.45) is 14.3. The van der Waals surface area contributed by atoms with Gasteiger partial charge in [0.2, 0.25) is 0 Å². The van der Waals surface area contributed by atoms with Gasteiger partial charge in [0.25, 0.3) is 0 Å². The van der Waals surface area contributed by atoms with Crippen LogP contribution >= 0.6 is 0 Å². The van der Waals surface area contributed by atoms with Gasteiger partial charge in [-0.15, -0.1) is 0 Å². The minimum absolute atomic E-state index is 0. The van der Waals surface area contributed by atoms with Crippen molar-refractivity contribution in [1.29, 1.82) is 0 Å². The predicted molar refractivity (Wildman–Crippen MR) is 62.1 cm³/mol. The summed E-state index contributed by atoms with van der Waals surface area (Å²) in [4.78, 5) is 0. The van der Waals surface area contributed by atoms with Crippen LogP contribution in [0.4, 0.5) is 0 Å². The van der Waals surface area contributed by atoms with Gasteiger partial charge in [-0.05, 0) is 0 Å². The van der Waals surface area contributed by atoms with E-state index in [0.29, 0.717) is 0 Å². The second kappa shape index (κ2) is 8.51. The molecule has 2 aliphatic rings. The minimum atomic E-state index is -0.403. The van der Waals surface area contributed by atoms with Crippen molar-refractivity contribution in [2.45, 2.75) is 39.5 Å². The fourth-order valence-electron chi connectivity index (χ4n) is 2.32. The van der Waals surface area contributed by atoms with E-state index >= 15 is 0 Å². The molecule has 0 amide bonds. The molecule has 0 nitrogen and oxygen atoms in total. The van der Waals surface area contributed by atoms with Gasteiger partial charge in [-0.3, -0.25) is 0 Å². The maximum absolute atomic E-state index is 2.47. The van der Waals surface area contributed by atoms with Gasteiger partial charge in [0.15, 0.2) is 0 Å². The van der Waals surface area contributed by atoms with Crippen LogP contribution in [0.15, 0.2) is 42.0 Å². The maximum Gasteiger partial charge on any atom is -1.00 e. The Morgan fingerprint density at radius 2 is 1.88 bits per heavy atom. The summed E-state index contributed by atoms with van der Waals surface area (Å²) in [5.41, 5.74) is 3.36. The first-order valence-electron chi connectivity index (χ1n) is 5.89. The third-order valence-corrected chi connectivity index (χ3v) is 6.81. The first-order valence-corrected chi connectivity index (χ1v) is 8.35. The molecule has 0 heterocycles. The summed E-state index contributed by atoms with van der Waals surface area (Å²) in [6, 6.07) is 0. The summed E-state index contributed by atoms with van der Waals surface area (Å²) >= 11 is -0.403. The standard InChI is InChI=1S/C9H13.C5H5.2ClH.Zr/c1-3-8-6-5-7-9(8)4-2;1-2-4-5-3-1;;;/h6H,3-5H2,1-2H3;1-3H,4H2;2*1H;/q;;;;+2/p-2. The zero-order valence-electron chi connectivity index (χ0n) is 10.4. The second-order valence-electron chi connectivity index (χ2n) is 4.05. The molecule has 2 rings (SSSR count). The zero-order valence-corrected chi connectivity index (χ0v) is 14.4. The Labute approximate surface area is 129 Å². The number of halogens is 2. The smallest absolute Gasteiger partial charge is 1.00 e. The molecular formula is C14H18Cl2Zr. The molecule has 0 radical (unpaired) electrons. The van der Waals surface area contributed by atoms with Crippen LogP contribution in [0.3, 0.4) is 0 Å². The van der Waals surface area contributed by atoms with Gasteiger partial charge >= 0.3 is 105 Å². The van der Waals surface area contributed by atoms with Crippen LogP contribution in [0.2, 0.25) is 0 Å². The van der Waals surface area contributed by atoms with Gasteiger partial charge in [0.1, 0.15) is 0 Å². The SMILES string of the molecule is CCC1=CC[C]([Zr+2][C]2=CC=CC2)=C1CC.[Cl-].[Cl-]. The number of hydrogen-bond donors (Lipinski definition) is 0. The molecule has 0 aromatic rings. The van der Waals surface area contributed by atoms with Gasteiger partial charge in [0, 0.05) is 0 Å². The molecular weight excluding hydrogens is 330 g/mol. The molecule has 3 heteroatoms. The molecule has 92 valence electrons. The molecule has 0 unspecified atom stereocenters. The summed E-state index contributed by atoms with van der Waals surface area (Å²) in [6.45, 7) is 4.59. The summed E-state index contributed by atoms with van der Waals surface area (Å²) in [7, 11) is 0. The number of rotatable bonds is 4. The van der Waals surface area contributed by atoms with Gasteiger partial charge in [-0.1, -0.05) is 0 Å². The largest absolute Gasteiger partial charge is 1.00 e. The molecule has 0 N–H and O–H groups in total. The summed E-state index contributed by atoms with van der Waals surface area (Å²) in [5.74, 6) is 0. The molecule has 0 bridgehead atoms. The molecule has 0 atom stereocenters.